The van der Waals surface area contributed by atoms with Crippen molar-refractivity contribution in [3.05, 3.63) is 36.2 Å². The second kappa shape index (κ2) is 10.5. The smallest absolute Gasteiger partial charge is 0.333 e. The van der Waals surface area contributed by atoms with Crippen molar-refractivity contribution in [2.24, 2.45) is 5.92 Å². The zero-order valence-electron chi connectivity index (χ0n) is 21.1. The highest BCUT2D eigenvalue weighted by Gasteiger charge is 2.43. The summed E-state index contributed by atoms with van der Waals surface area (Å²) >= 11 is 0. The van der Waals surface area contributed by atoms with Gasteiger partial charge in [-0.05, 0) is 43.4 Å². The SMILES string of the molecule is CC(C)COC(=O)[C@H](c1nc(-c2ccccc2)no1)N1CCC[C@H]1CO[Si](C)(C)C(C)(C)C. The number of carbonyl (C=O) groups is 1. The molecular formula is C25H39N3O4Si. The fraction of sp³-hybridized carbons (Fsp3) is 0.640. The molecule has 1 aromatic carbocycles. The summed E-state index contributed by atoms with van der Waals surface area (Å²) in [4.78, 5) is 20.0. The first-order valence-corrected chi connectivity index (χ1v) is 14.9. The predicted molar refractivity (Wildman–Crippen MR) is 131 cm³/mol. The maximum Gasteiger partial charge on any atom is 0.333 e. The molecule has 1 saturated heterocycles. The molecule has 1 aliphatic heterocycles. The van der Waals surface area contributed by atoms with Crippen LogP contribution in [0, 0.1) is 5.92 Å². The van der Waals surface area contributed by atoms with E-state index in [4.69, 9.17) is 13.7 Å². The standard InChI is InChI=1S/C25H39N3O4Si/c1-18(2)16-30-24(29)21(23-26-22(27-32-23)19-12-9-8-10-13-19)28-15-11-14-20(28)17-31-33(6,7)25(3,4)5/h8-10,12-13,18,20-21H,11,14-17H2,1-7H3/t20-,21-/m0/s1. The Hall–Kier alpha value is -2.03. The number of carbonyl (C=O) groups excluding carboxylic acids is 1. The largest absolute Gasteiger partial charge is 0.464 e. The Morgan fingerprint density at radius 3 is 2.58 bits per heavy atom. The van der Waals surface area contributed by atoms with E-state index in [1.165, 1.54) is 0 Å². The lowest BCUT2D eigenvalue weighted by atomic mass is 10.2. The van der Waals surface area contributed by atoms with E-state index in [1.54, 1.807) is 0 Å². The van der Waals surface area contributed by atoms with Gasteiger partial charge in [0, 0.05) is 18.2 Å². The van der Waals surface area contributed by atoms with E-state index in [9.17, 15) is 4.79 Å². The molecule has 0 N–H and O–H groups in total. The van der Waals surface area contributed by atoms with Crippen molar-refractivity contribution in [2.45, 2.75) is 77.7 Å². The van der Waals surface area contributed by atoms with E-state index >= 15 is 0 Å². The van der Waals surface area contributed by atoms with Crippen molar-refractivity contribution < 1.29 is 18.5 Å². The molecule has 1 fully saturated rings. The maximum atomic E-state index is 13.3. The molecule has 0 saturated carbocycles. The van der Waals surface area contributed by atoms with Crippen LogP contribution in [0.2, 0.25) is 18.1 Å². The fourth-order valence-electron chi connectivity index (χ4n) is 3.65. The molecule has 2 aromatic rings. The number of likely N-dealkylation sites (tertiary alicyclic amines) is 1. The normalized spacial score (nSPS) is 18.6. The molecule has 0 radical (unpaired) electrons. The molecule has 2 atom stereocenters. The average Bonchev–Trinajstić information content (AvgIpc) is 3.41. The summed E-state index contributed by atoms with van der Waals surface area (Å²) in [5.74, 6) is 0.655. The zero-order chi connectivity index (χ0) is 24.2. The molecule has 1 aliphatic rings. The number of hydrogen-bond acceptors (Lipinski definition) is 7. The number of ether oxygens (including phenoxy) is 1. The van der Waals surface area contributed by atoms with Gasteiger partial charge < -0.3 is 13.7 Å². The number of esters is 1. The van der Waals surface area contributed by atoms with Gasteiger partial charge in [0.2, 0.25) is 5.82 Å². The van der Waals surface area contributed by atoms with E-state index in [-0.39, 0.29) is 28.9 Å². The molecule has 0 bridgehead atoms. The average molecular weight is 474 g/mol. The quantitative estimate of drug-likeness (QED) is 0.353. The summed E-state index contributed by atoms with van der Waals surface area (Å²) in [6.45, 7) is 17.0. The summed E-state index contributed by atoms with van der Waals surface area (Å²) in [5.41, 5.74) is 0.848. The molecule has 0 spiro atoms. The molecule has 1 aromatic heterocycles. The summed E-state index contributed by atoms with van der Waals surface area (Å²) in [5, 5.41) is 4.28. The van der Waals surface area contributed by atoms with Crippen LogP contribution >= 0.6 is 0 Å². The van der Waals surface area contributed by atoms with Gasteiger partial charge >= 0.3 is 5.97 Å². The Balaban J connectivity index is 1.84. The minimum absolute atomic E-state index is 0.0998. The second-order valence-electron chi connectivity index (χ2n) is 10.9. The molecule has 8 heteroatoms. The van der Waals surface area contributed by atoms with E-state index in [2.05, 4.69) is 48.9 Å². The molecule has 33 heavy (non-hydrogen) atoms. The van der Waals surface area contributed by atoms with Gasteiger partial charge in [0.15, 0.2) is 14.4 Å². The summed E-state index contributed by atoms with van der Waals surface area (Å²) in [6, 6.07) is 9.00. The molecule has 7 nitrogen and oxygen atoms in total. The van der Waals surface area contributed by atoms with Crippen LogP contribution in [-0.2, 0) is 14.0 Å². The van der Waals surface area contributed by atoms with Crippen LogP contribution in [0.1, 0.15) is 59.4 Å². The topological polar surface area (TPSA) is 77.7 Å². The first kappa shape index (κ1) is 25.6. The lowest BCUT2D eigenvalue weighted by molar-refractivity contribution is -0.153. The van der Waals surface area contributed by atoms with E-state index < -0.39 is 14.4 Å². The van der Waals surface area contributed by atoms with Crippen LogP contribution in [0.15, 0.2) is 34.9 Å². The highest BCUT2D eigenvalue weighted by atomic mass is 28.4. The van der Waals surface area contributed by atoms with Crippen LogP contribution in [0.25, 0.3) is 11.4 Å². The highest BCUT2D eigenvalue weighted by molar-refractivity contribution is 6.74. The lowest BCUT2D eigenvalue weighted by Crippen LogP contribution is -2.46. The minimum atomic E-state index is -1.91. The van der Waals surface area contributed by atoms with Gasteiger partial charge in [-0.25, -0.2) is 4.79 Å². The Morgan fingerprint density at radius 1 is 1.24 bits per heavy atom. The van der Waals surface area contributed by atoms with Crippen LogP contribution in [0.3, 0.4) is 0 Å². The lowest BCUT2D eigenvalue weighted by Gasteiger charge is -2.38. The van der Waals surface area contributed by atoms with Gasteiger partial charge in [0.05, 0.1) is 6.61 Å². The van der Waals surface area contributed by atoms with Crippen molar-refractivity contribution in [1.29, 1.82) is 0 Å². The third kappa shape index (κ3) is 6.31. The van der Waals surface area contributed by atoms with Gasteiger partial charge in [0.25, 0.3) is 5.89 Å². The van der Waals surface area contributed by atoms with Crippen LogP contribution in [0.4, 0.5) is 0 Å². The highest BCUT2D eigenvalue weighted by Crippen LogP contribution is 2.38. The van der Waals surface area contributed by atoms with Gasteiger partial charge in [-0.2, -0.15) is 4.98 Å². The number of benzene rings is 1. The molecule has 182 valence electrons. The Morgan fingerprint density at radius 2 is 1.94 bits per heavy atom. The number of rotatable bonds is 9. The van der Waals surface area contributed by atoms with Crippen LogP contribution in [0.5, 0.6) is 0 Å². The first-order chi connectivity index (χ1) is 15.5. The van der Waals surface area contributed by atoms with Crippen molar-refractivity contribution in [2.75, 3.05) is 19.8 Å². The number of nitrogens with zero attached hydrogens (tertiary/aromatic N) is 3. The Kier molecular flexibility index (Phi) is 8.13. The van der Waals surface area contributed by atoms with Crippen molar-refractivity contribution in [3.63, 3.8) is 0 Å². The molecule has 2 heterocycles. The van der Waals surface area contributed by atoms with Gasteiger partial charge in [-0.1, -0.05) is 70.1 Å². The van der Waals surface area contributed by atoms with E-state index in [0.29, 0.717) is 19.0 Å². The predicted octanol–water partition coefficient (Wildman–Crippen LogP) is 5.46. The summed E-state index contributed by atoms with van der Waals surface area (Å²) in [6.07, 6.45) is 1.95. The Bertz CT molecular complexity index is 908. The first-order valence-electron chi connectivity index (χ1n) is 11.9. The summed E-state index contributed by atoms with van der Waals surface area (Å²) < 4.78 is 17.8. The summed E-state index contributed by atoms with van der Waals surface area (Å²) in [7, 11) is -1.91. The second-order valence-corrected chi connectivity index (χ2v) is 15.7. The van der Waals surface area contributed by atoms with Crippen LogP contribution in [-0.4, -0.2) is 55.1 Å². The monoisotopic (exact) mass is 473 g/mol. The van der Waals surface area contributed by atoms with E-state index in [1.807, 2.05) is 44.2 Å². The third-order valence-electron chi connectivity index (χ3n) is 6.69. The van der Waals surface area contributed by atoms with Crippen molar-refractivity contribution in [3.8, 4) is 11.4 Å². The minimum Gasteiger partial charge on any atom is -0.464 e. The zero-order valence-corrected chi connectivity index (χ0v) is 22.1. The number of aromatic nitrogens is 2. The van der Waals surface area contributed by atoms with Crippen molar-refractivity contribution in [1.82, 2.24) is 15.0 Å². The Labute approximate surface area is 199 Å². The third-order valence-corrected chi connectivity index (χ3v) is 11.2. The molecule has 3 rings (SSSR count). The molecule has 0 unspecified atom stereocenters. The fourth-order valence-corrected chi connectivity index (χ4v) is 4.70. The number of hydrogen-bond donors (Lipinski definition) is 0. The molecule has 0 aliphatic carbocycles. The van der Waals surface area contributed by atoms with Crippen molar-refractivity contribution >= 4 is 14.3 Å². The van der Waals surface area contributed by atoms with Gasteiger partial charge in [0.1, 0.15) is 0 Å². The maximum absolute atomic E-state index is 13.3. The molecular weight excluding hydrogens is 434 g/mol. The van der Waals surface area contributed by atoms with Gasteiger partial charge in [-0.15, -0.1) is 0 Å². The van der Waals surface area contributed by atoms with Crippen LogP contribution < -0.4 is 0 Å². The molecule has 0 amide bonds. The van der Waals surface area contributed by atoms with E-state index in [0.717, 1.165) is 24.9 Å². The van der Waals surface area contributed by atoms with Gasteiger partial charge in [-0.3, -0.25) is 4.90 Å².